The van der Waals surface area contributed by atoms with Crippen molar-refractivity contribution in [1.82, 2.24) is 15.0 Å². The number of thiophene rings is 1. The van der Waals surface area contributed by atoms with E-state index in [1.54, 1.807) is 17.7 Å². The molecule has 0 bridgehead atoms. The highest BCUT2D eigenvalue weighted by atomic mass is 32.1. The Morgan fingerprint density at radius 3 is 2.75 bits per heavy atom. The number of ether oxygens (including phenoxy) is 1. The smallest absolute Gasteiger partial charge is 0.147 e. The molecule has 150 valence electrons. The molecule has 3 aromatic rings. The van der Waals surface area contributed by atoms with Gasteiger partial charge in [0.1, 0.15) is 17.0 Å². The number of nitrogens with one attached hydrogen (secondary N) is 1. The van der Waals surface area contributed by atoms with Crippen molar-refractivity contribution in [3.05, 3.63) is 23.1 Å². The molecule has 2 N–H and O–H groups in total. The third-order valence-corrected chi connectivity index (χ3v) is 6.54. The van der Waals surface area contributed by atoms with Gasteiger partial charge < -0.3 is 15.2 Å². The molecule has 0 radical (unpaired) electrons. The number of hydrogen-bond acceptors (Lipinski definition) is 7. The summed E-state index contributed by atoms with van der Waals surface area (Å²) in [7, 11) is 0. The van der Waals surface area contributed by atoms with E-state index in [1.165, 1.54) is 11.1 Å². The highest BCUT2D eigenvalue weighted by Crippen LogP contribution is 2.43. The second kappa shape index (κ2) is 7.21. The van der Waals surface area contributed by atoms with Gasteiger partial charge in [-0.15, -0.1) is 11.3 Å². The Hall–Kier alpha value is -1.83. The van der Waals surface area contributed by atoms with Gasteiger partial charge >= 0.3 is 0 Å². The third kappa shape index (κ3) is 3.25. The second-order valence-electron chi connectivity index (χ2n) is 8.45. The Morgan fingerprint density at radius 2 is 2.07 bits per heavy atom. The van der Waals surface area contributed by atoms with Crippen LogP contribution in [-0.4, -0.2) is 38.3 Å². The SMILES string of the molecule is CCC(CO)Nc1ncnc2c1sc1nc(C(C)C)c3c(c12)CC(C)(C)OC3. The number of anilines is 1. The number of nitrogens with zero attached hydrogens (tertiary/aromatic N) is 3. The lowest BCUT2D eigenvalue weighted by Gasteiger charge is -2.33. The molecule has 6 nitrogen and oxygen atoms in total. The molecule has 0 amide bonds. The van der Waals surface area contributed by atoms with E-state index < -0.39 is 0 Å². The van der Waals surface area contributed by atoms with Crippen LogP contribution in [-0.2, 0) is 17.8 Å². The van der Waals surface area contributed by atoms with Gasteiger partial charge in [0.2, 0.25) is 0 Å². The monoisotopic (exact) mass is 400 g/mol. The summed E-state index contributed by atoms with van der Waals surface area (Å²) in [4.78, 5) is 15.1. The molecule has 28 heavy (non-hydrogen) atoms. The Balaban J connectivity index is 1.99. The zero-order valence-corrected chi connectivity index (χ0v) is 18.0. The summed E-state index contributed by atoms with van der Waals surface area (Å²) in [5.74, 6) is 1.11. The van der Waals surface area contributed by atoms with Crippen molar-refractivity contribution in [3.8, 4) is 0 Å². The summed E-state index contributed by atoms with van der Waals surface area (Å²) in [6, 6.07) is -0.0243. The molecule has 0 saturated carbocycles. The van der Waals surface area contributed by atoms with Gasteiger partial charge in [0, 0.05) is 17.4 Å². The summed E-state index contributed by atoms with van der Waals surface area (Å²) in [5, 5.41) is 14.1. The zero-order valence-electron chi connectivity index (χ0n) is 17.2. The molecule has 4 heterocycles. The number of rotatable bonds is 5. The highest BCUT2D eigenvalue weighted by Gasteiger charge is 2.32. The first-order chi connectivity index (χ1) is 13.3. The molecule has 0 aromatic carbocycles. The quantitative estimate of drug-likeness (QED) is 0.661. The Labute approximate surface area is 169 Å². The van der Waals surface area contributed by atoms with Gasteiger partial charge in [-0.25, -0.2) is 15.0 Å². The molecule has 0 aliphatic carbocycles. The molecular weight excluding hydrogens is 372 g/mol. The lowest BCUT2D eigenvalue weighted by molar-refractivity contribution is -0.0402. The molecule has 1 unspecified atom stereocenters. The Bertz CT molecular complexity index is 1020. The minimum absolute atomic E-state index is 0.0243. The van der Waals surface area contributed by atoms with E-state index >= 15 is 0 Å². The first-order valence-corrected chi connectivity index (χ1v) is 10.8. The summed E-state index contributed by atoms with van der Waals surface area (Å²) in [6.45, 7) is 11.4. The lowest BCUT2D eigenvalue weighted by atomic mass is 9.87. The predicted octanol–water partition coefficient (Wildman–Crippen LogP) is 4.40. The molecule has 1 aliphatic rings. The first-order valence-electron chi connectivity index (χ1n) is 9.94. The van der Waals surface area contributed by atoms with Crippen LogP contribution in [0.3, 0.4) is 0 Å². The van der Waals surface area contributed by atoms with E-state index in [9.17, 15) is 5.11 Å². The van der Waals surface area contributed by atoms with E-state index in [2.05, 4.69) is 43.0 Å². The van der Waals surface area contributed by atoms with Crippen LogP contribution in [0.15, 0.2) is 6.33 Å². The Morgan fingerprint density at radius 1 is 1.29 bits per heavy atom. The van der Waals surface area contributed by atoms with Crippen molar-refractivity contribution in [1.29, 1.82) is 0 Å². The van der Waals surface area contributed by atoms with E-state index in [0.29, 0.717) is 12.5 Å². The normalized spacial score (nSPS) is 17.2. The molecule has 1 atom stereocenters. The van der Waals surface area contributed by atoms with Gasteiger partial charge in [-0.2, -0.15) is 0 Å². The summed E-state index contributed by atoms with van der Waals surface area (Å²) >= 11 is 1.63. The average molecular weight is 401 g/mol. The van der Waals surface area contributed by atoms with E-state index in [1.807, 2.05) is 6.92 Å². The predicted molar refractivity (Wildman–Crippen MR) is 114 cm³/mol. The van der Waals surface area contributed by atoms with Gasteiger partial charge in [0.25, 0.3) is 0 Å². The van der Waals surface area contributed by atoms with Crippen molar-refractivity contribution >= 4 is 37.6 Å². The zero-order chi connectivity index (χ0) is 20.1. The molecule has 7 heteroatoms. The summed E-state index contributed by atoms with van der Waals surface area (Å²) < 4.78 is 7.12. The fourth-order valence-electron chi connectivity index (χ4n) is 3.88. The fraction of sp³-hybridized carbons (Fsp3) is 0.571. The Kier molecular flexibility index (Phi) is 5.02. The second-order valence-corrected chi connectivity index (χ2v) is 9.45. The van der Waals surface area contributed by atoms with Crippen LogP contribution in [0.4, 0.5) is 5.82 Å². The fourth-order valence-corrected chi connectivity index (χ4v) is 5.00. The minimum Gasteiger partial charge on any atom is -0.394 e. The average Bonchev–Trinajstić information content (AvgIpc) is 3.04. The highest BCUT2D eigenvalue weighted by molar-refractivity contribution is 7.26. The number of fused-ring (bicyclic) bond motifs is 5. The summed E-state index contributed by atoms with van der Waals surface area (Å²) in [6.07, 6.45) is 3.27. The van der Waals surface area contributed by atoms with Gasteiger partial charge in [-0.1, -0.05) is 20.8 Å². The van der Waals surface area contributed by atoms with Crippen LogP contribution in [0.5, 0.6) is 0 Å². The van der Waals surface area contributed by atoms with Crippen LogP contribution < -0.4 is 5.32 Å². The number of hydrogen-bond donors (Lipinski definition) is 2. The van der Waals surface area contributed by atoms with Gasteiger partial charge in [0.05, 0.1) is 40.8 Å². The van der Waals surface area contributed by atoms with Crippen LogP contribution in [0.2, 0.25) is 0 Å². The number of aliphatic hydroxyl groups is 1. The van der Waals surface area contributed by atoms with Crippen molar-refractivity contribution in [3.63, 3.8) is 0 Å². The number of aromatic nitrogens is 3. The largest absolute Gasteiger partial charge is 0.394 e. The summed E-state index contributed by atoms with van der Waals surface area (Å²) in [5.41, 5.74) is 4.39. The van der Waals surface area contributed by atoms with Crippen LogP contribution in [0.25, 0.3) is 20.4 Å². The lowest BCUT2D eigenvalue weighted by Crippen LogP contribution is -2.32. The maximum atomic E-state index is 9.58. The topological polar surface area (TPSA) is 80.2 Å². The molecule has 3 aromatic heterocycles. The minimum atomic E-state index is -0.206. The van der Waals surface area contributed by atoms with E-state index in [4.69, 9.17) is 9.72 Å². The maximum Gasteiger partial charge on any atom is 0.147 e. The first kappa shape index (κ1) is 19.5. The molecule has 1 aliphatic heterocycles. The molecule has 4 rings (SSSR count). The number of aliphatic hydroxyl groups excluding tert-OH is 1. The van der Waals surface area contributed by atoms with Crippen LogP contribution in [0.1, 0.15) is 63.8 Å². The van der Waals surface area contributed by atoms with Gasteiger partial charge in [-0.05, 0) is 31.7 Å². The van der Waals surface area contributed by atoms with E-state index in [0.717, 1.165) is 44.8 Å². The van der Waals surface area contributed by atoms with Crippen LogP contribution >= 0.6 is 11.3 Å². The molecular formula is C21H28N4O2S. The van der Waals surface area contributed by atoms with Crippen LogP contribution in [0, 0.1) is 0 Å². The van der Waals surface area contributed by atoms with E-state index in [-0.39, 0.29) is 18.2 Å². The van der Waals surface area contributed by atoms with Gasteiger partial charge in [0.15, 0.2) is 0 Å². The molecule has 0 spiro atoms. The molecule has 0 fully saturated rings. The van der Waals surface area contributed by atoms with Gasteiger partial charge in [-0.3, -0.25) is 0 Å². The van der Waals surface area contributed by atoms with Crippen molar-refractivity contribution in [2.24, 2.45) is 0 Å². The maximum absolute atomic E-state index is 9.58. The van der Waals surface area contributed by atoms with Crippen molar-refractivity contribution in [2.45, 2.75) is 71.6 Å². The van der Waals surface area contributed by atoms with Crippen molar-refractivity contribution < 1.29 is 9.84 Å². The standard InChI is InChI=1S/C21H28N4O2S/c1-6-12(8-26)24-19-18-17(22-10-23-19)15-13-7-21(4,5)27-9-14(13)16(11(2)3)25-20(15)28-18/h10-12,26H,6-9H2,1-5H3,(H,22,23,24). The third-order valence-electron chi connectivity index (χ3n) is 5.46. The van der Waals surface area contributed by atoms with Crippen molar-refractivity contribution in [2.75, 3.05) is 11.9 Å². The number of pyridine rings is 1. The molecule has 0 saturated heterocycles.